The maximum absolute atomic E-state index is 12.3. The van der Waals surface area contributed by atoms with Gasteiger partial charge in [-0.3, -0.25) is 4.79 Å². The molecule has 1 aromatic rings. The Morgan fingerprint density at radius 3 is 2.56 bits per heavy atom. The summed E-state index contributed by atoms with van der Waals surface area (Å²) < 4.78 is 15.7. The third-order valence-electron chi connectivity index (χ3n) is 3.83. The van der Waals surface area contributed by atoms with Crippen molar-refractivity contribution in [2.45, 2.75) is 26.3 Å². The number of rotatable bonds is 7. The van der Waals surface area contributed by atoms with Crippen LogP contribution in [0.1, 0.15) is 20.3 Å². The lowest BCUT2D eigenvalue weighted by atomic mass is 10.0. The fraction of sp³-hybridized carbons (Fsp3) is 0.444. The van der Waals surface area contributed by atoms with Gasteiger partial charge >= 0.3 is 5.97 Å². The van der Waals surface area contributed by atoms with Gasteiger partial charge in [-0.25, -0.2) is 4.79 Å². The van der Waals surface area contributed by atoms with E-state index < -0.39 is 12.0 Å². The van der Waals surface area contributed by atoms with Gasteiger partial charge in [-0.05, 0) is 24.5 Å². The molecule has 0 radical (unpaired) electrons. The number of methoxy groups -OCH3 is 2. The summed E-state index contributed by atoms with van der Waals surface area (Å²) >= 11 is 6.21. The molecule has 1 aliphatic rings. The molecule has 7 heteroatoms. The molecule has 0 aromatic heterocycles. The Kier molecular flexibility index (Phi) is 6.31. The first kappa shape index (κ1) is 19.1. The number of benzene rings is 1. The van der Waals surface area contributed by atoms with Crippen LogP contribution >= 0.6 is 11.6 Å². The Bertz CT molecular complexity index is 686. The molecule has 0 spiro atoms. The number of hydrogen-bond acceptors (Lipinski definition) is 5. The second-order valence-corrected chi connectivity index (χ2v) is 6.50. The van der Waals surface area contributed by atoms with Crippen molar-refractivity contribution < 1.29 is 23.8 Å². The zero-order valence-corrected chi connectivity index (χ0v) is 15.5. The van der Waals surface area contributed by atoms with Crippen LogP contribution in [0.4, 0.5) is 0 Å². The van der Waals surface area contributed by atoms with Gasteiger partial charge in [0.2, 0.25) is 0 Å². The molecule has 1 heterocycles. The lowest BCUT2D eigenvalue weighted by molar-refractivity contribution is -0.151. The highest BCUT2D eigenvalue weighted by molar-refractivity contribution is 6.33. The zero-order chi connectivity index (χ0) is 18.6. The Balaban J connectivity index is 2.15. The summed E-state index contributed by atoms with van der Waals surface area (Å²) in [6.07, 6.45) is 1.88. The standard InChI is InChI=1S/C18H22ClNO5/c1-11(2)8-13(18(22)24-4)20-10-12(9-16(20)21)25-15-7-5-6-14(23-3)17(15)19/h5-7,9,11,13H,8,10H2,1-4H3/t13-/m0/s1. The number of carbonyl (C=O) groups is 2. The largest absolute Gasteiger partial charge is 0.495 e. The average molecular weight is 368 g/mol. The number of halogens is 1. The van der Waals surface area contributed by atoms with E-state index in [2.05, 4.69) is 0 Å². The lowest BCUT2D eigenvalue weighted by Crippen LogP contribution is -2.44. The highest BCUT2D eigenvalue weighted by atomic mass is 35.5. The minimum Gasteiger partial charge on any atom is -0.495 e. The molecule has 0 aliphatic carbocycles. The molecule has 1 aliphatic heterocycles. The predicted octanol–water partition coefficient (Wildman–Crippen LogP) is 3.04. The predicted molar refractivity (Wildman–Crippen MR) is 93.7 cm³/mol. The van der Waals surface area contributed by atoms with Crippen LogP contribution in [0.5, 0.6) is 11.5 Å². The van der Waals surface area contributed by atoms with Crippen molar-refractivity contribution in [2.75, 3.05) is 20.8 Å². The minimum absolute atomic E-state index is 0.179. The fourth-order valence-corrected chi connectivity index (χ4v) is 2.88. The Morgan fingerprint density at radius 2 is 1.96 bits per heavy atom. The number of esters is 1. The van der Waals surface area contributed by atoms with Crippen molar-refractivity contribution in [3.8, 4) is 11.5 Å². The molecule has 1 atom stereocenters. The van der Waals surface area contributed by atoms with Gasteiger partial charge < -0.3 is 19.1 Å². The van der Waals surface area contributed by atoms with E-state index in [1.54, 1.807) is 18.2 Å². The van der Waals surface area contributed by atoms with Gasteiger partial charge in [0.25, 0.3) is 5.91 Å². The number of nitrogens with zero attached hydrogens (tertiary/aromatic N) is 1. The quantitative estimate of drug-likeness (QED) is 0.693. The topological polar surface area (TPSA) is 65.1 Å². The van der Waals surface area contributed by atoms with Gasteiger partial charge in [0, 0.05) is 6.08 Å². The molecule has 0 saturated heterocycles. The van der Waals surface area contributed by atoms with Crippen molar-refractivity contribution in [1.29, 1.82) is 0 Å². The summed E-state index contributed by atoms with van der Waals surface area (Å²) in [4.78, 5) is 25.8. The molecule has 2 rings (SSSR count). The highest BCUT2D eigenvalue weighted by Gasteiger charge is 2.35. The summed E-state index contributed by atoms with van der Waals surface area (Å²) in [6.45, 7) is 4.15. The molecule has 0 fully saturated rings. The van der Waals surface area contributed by atoms with E-state index in [-0.39, 0.29) is 18.4 Å². The lowest BCUT2D eigenvalue weighted by Gasteiger charge is -2.27. The second kappa shape index (κ2) is 8.25. The smallest absolute Gasteiger partial charge is 0.328 e. The van der Waals surface area contributed by atoms with Crippen LogP contribution in [0.15, 0.2) is 30.0 Å². The average Bonchev–Trinajstić information content (AvgIpc) is 2.94. The molecule has 6 nitrogen and oxygen atoms in total. The van der Waals surface area contributed by atoms with E-state index in [0.29, 0.717) is 28.7 Å². The van der Waals surface area contributed by atoms with Crippen LogP contribution in [-0.2, 0) is 14.3 Å². The summed E-state index contributed by atoms with van der Waals surface area (Å²) in [7, 11) is 2.83. The number of carbonyl (C=O) groups excluding carboxylic acids is 2. The molecule has 25 heavy (non-hydrogen) atoms. The first-order valence-electron chi connectivity index (χ1n) is 7.96. The molecular formula is C18H22ClNO5. The van der Waals surface area contributed by atoms with E-state index in [1.807, 2.05) is 13.8 Å². The number of ether oxygens (including phenoxy) is 3. The second-order valence-electron chi connectivity index (χ2n) is 6.12. The van der Waals surface area contributed by atoms with Gasteiger partial charge in [0.1, 0.15) is 28.3 Å². The molecule has 0 unspecified atom stereocenters. The van der Waals surface area contributed by atoms with Crippen molar-refractivity contribution >= 4 is 23.5 Å². The summed E-state index contributed by atoms with van der Waals surface area (Å²) in [5, 5.41) is 0.323. The summed E-state index contributed by atoms with van der Waals surface area (Å²) in [5.74, 6) is 0.794. The normalized spacial score (nSPS) is 15.2. The Morgan fingerprint density at radius 1 is 1.28 bits per heavy atom. The van der Waals surface area contributed by atoms with Crippen molar-refractivity contribution in [1.82, 2.24) is 4.90 Å². The monoisotopic (exact) mass is 367 g/mol. The first-order valence-corrected chi connectivity index (χ1v) is 8.34. The number of amides is 1. The van der Waals surface area contributed by atoms with Gasteiger partial charge in [-0.15, -0.1) is 0 Å². The highest BCUT2D eigenvalue weighted by Crippen LogP contribution is 2.35. The first-order chi connectivity index (χ1) is 11.9. The zero-order valence-electron chi connectivity index (χ0n) is 14.7. The van der Waals surface area contributed by atoms with Crippen LogP contribution in [0.25, 0.3) is 0 Å². The fourth-order valence-electron chi connectivity index (χ4n) is 2.64. The van der Waals surface area contributed by atoms with Crippen LogP contribution in [-0.4, -0.2) is 43.6 Å². The summed E-state index contributed by atoms with van der Waals surface area (Å²) in [5.41, 5.74) is 0. The molecule has 0 N–H and O–H groups in total. The van der Waals surface area contributed by atoms with E-state index >= 15 is 0 Å². The third kappa shape index (κ3) is 4.45. The molecular weight excluding hydrogens is 346 g/mol. The minimum atomic E-state index is -0.643. The van der Waals surface area contributed by atoms with E-state index in [9.17, 15) is 9.59 Å². The van der Waals surface area contributed by atoms with Gasteiger partial charge in [0.05, 0.1) is 20.8 Å². The van der Waals surface area contributed by atoms with E-state index in [0.717, 1.165) is 0 Å². The van der Waals surface area contributed by atoms with Crippen molar-refractivity contribution in [3.63, 3.8) is 0 Å². The van der Waals surface area contributed by atoms with Crippen LogP contribution < -0.4 is 9.47 Å². The van der Waals surface area contributed by atoms with Gasteiger partial charge in [-0.1, -0.05) is 31.5 Å². The molecule has 1 amide bonds. The maximum Gasteiger partial charge on any atom is 0.328 e. The van der Waals surface area contributed by atoms with Crippen LogP contribution in [0.3, 0.4) is 0 Å². The Hall–Kier alpha value is -2.21. The number of hydrogen-bond donors (Lipinski definition) is 0. The van der Waals surface area contributed by atoms with E-state index in [1.165, 1.54) is 25.2 Å². The van der Waals surface area contributed by atoms with Crippen molar-refractivity contribution in [2.24, 2.45) is 5.92 Å². The van der Waals surface area contributed by atoms with E-state index in [4.69, 9.17) is 25.8 Å². The van der Waals surface area contributed by atoms with Crippen LogP contribution in [0.2, 0.25) is 5.02 Å². The summed E-state index contributed by atoms with van der Waals surface area (Å²) in [6, 6.07) is 4.50. The van der Waals surface area contributed by atoms with Gasteiger partial charge in [-0.2, -0.15) is 0 Å². The molecule has 0 bridgehead atoms. The maximum atomic E-state index is 12.3. The molecule has 0 saturated carbocycles. The van der Waals surface area contributed by atoms with Crippen molar-refractivity contribution in [3.05, 3.63) is 35.1 Å². The SMILES string of the molecule is COC(=O)[C@H](CC(C)C)N1CC(Oc2cccc(OC)c2Cl)=CC1=O. The molecule has 1 aromatic carbocycles. The van der Waals surface area contributed by atoms with Crippen LogP contribution in [0, 0.1) is 5.92 Å². The van der Waals surface area contributed by atoms with Gasteiger partial charge in [0.15, 0.2) is 0 Å². The molecule has 136 valence electrons. The third-order valence-corrected chi connectivity index (χ3v) is 4.20. The Labute approximate surface area is 152 Å².